The number of rotatable bonds is 10. The largest absolute Gasteiger partial charge is 0.550 e. The molecule has 0 bridgehead atoms. The van der Waals surface area contributed by atoms with Crippen molar-refractivity contribution in [2.75, 3.05) is 0 Å². The summed E-state index contributed by atoms with van der Waals surface area (Å²) in [7, 11) is 0. The van der Waals surface area contributed by atoms with E-state index in [4.69, 9.17) is 10.2 Å². The predicted octanol–water partition coefficient (Wildman–Crippen LogP) is -9.38. The number of aliphatic carboxylic acids is 6. The molecule has 0 aromatic rings. The van der Waals surface area contributed by atoms with E-state index < -0.39 is 72.7 Å². The molecule has 30 heavy (non-hydrogen) atoms. The topological polar surface area (TPSA) is 391 Å². The van der Waals surface area contributed by atoms with E-state index >= 15 is 0 Å². The summed E-state index contributed by atoms with van der Waals surface area (Å²) < 4.78 is 0. The molecule has 0 spiro atoms. The molecule has 18 heteroatoms. The number of carboxylic acid groups (broad SMARTS) is 6. The summed E-state index contributed by atoms with van der Waals surface area (Å²) in [6, 6.07) is 0. The number of carbonyl (C=O) groups is 6. The molecule has 0 unspecified atom stereocenters. The van der Waals surface area contributed by atoms with Crippen LogP contribution < -0.4 is 49.1 Å². The second-order valence-electron chi connectivity index (χ2n) is 4.83. The Morgan fingerprint density at radius 2 is 0.633 bits per heavy atom. The third-order valence-electron chi connectivity index (χ3n) is 2.51. The van der Waals surface area contributed by atoms with Gasteiger partial charge in [0.1, 0.15) is 11.2 Å². The first-order valence-electron chi connectivity index (χ1n) is 6.23. The second kappa shape index (κ2) is 17.0. The maximum Gasteiger partial charge on any atom is 0.114 e. The Morgan fingerprint density at radius 1 is 0.500 bits per heavy atom. The molecule has 0 fully saturated rings. The van der Waals surface area contributed by atoms with Crippen molar-refractivity contribution in [2.45, 2.75) is 36.9 Å². The normalized spacial score (nSPS) is 9.40. The summed E-state index contributed by atoms with van der Waals surface area (Å²) in [4.78, 5) is 60.0. The van der Waals surface area contributed by atoms with Gasteiger partial charge in [-0.05, 0) is 0 Å². The molecule has 0 saturated heterocycles. The second-order valence-corrected chi connectivity index (χ2v) is 4.83. The minimum Gasteiger partial charge on any atom is -0.550 e. The zero-order valence-corrected chi connectivity index (χ0v) is 17.1. The first-order valence-corrected chi connectivity index (χ1v) is 6.23. The molecule has 17 nitrogen and oxygen atoms in total. The van der Waals surface area contributed by atoms with Crippen molar-refractivity contribution >= 4 is 35.8 Å². The van der Waals surface area contributed by atoms with E-state index in [9.17, 15) is 59.4 Å². The molecule has 0 saturated carbocycles. The van der Waals surface area contributed by atoms with Gasteiger partial charge in [-0.2, -0.15) is 0 Å². The standard InChI is InChI=1S/2C6H8O7.Fe.3H3N/c2*7-3(8)1-6(13,5(11)12)2-4(9)10;;;;/h2*13H,1-2H2,(H,7,8)(H,9,10)(H,11,12);;3*1H3/p-3. The molecule has 180 valence electrons. The molecule has 0 aromatic carbocycles. The molecule has 0 rings (SSSR count). The van der Waals surface area contributed by atoms with E-state index in [2.05, 4.69) is 0 Å². The van der Waals surface area contributed by atoms with Crippen molar-refractivity contribution in [3.63, 3.8) is 0 Å². The summed E-state index contributed by atoms with van der Waals surface area (Å²) in [5.41, 5.74) is -5.95. The minimum absolute atomic E-state index is 0. The van der Waals surface area contributed by atoms with Crippen LogP contribution in [0, 0.1) is 0 Å². The molecule has 0 aliphatic carbocycles. The van der Waals surface area contributed by atoms with Crippen LogP contribution in [0.1, 0.15) is 25.7 Å². The minimum atomic E-state index is -2.97. The Labute approximate surface area is 178 Å². The Morgan fingerprint density at radius 3 is 0.700 bits per heavy atom. The van der Waals surface area contributed by atoms with Crippen LogP contribution in [0.15, 0.2) is 0 Å². The predicted molar refractivity (Wildman–Crippen MR) is 76.4 cm³/mol. The average Bonchev–Trinajstić information content (AvgIpc) is 2.34. The van der Waals surface area contributed by atoms with Crippen LogP contribution in [0.25, 0.3) is 0 Å². The van der Waals surface area contributed by atoms with Gasteiger partial charge >= 0.3 is 0 Å². The van der Waals surface area contributed by atoms with Gasteiger partial charge in [-0.15, -0.1) is 0 Å². The van der Waals surface area contributed by atoms with Crippen LogP contribution in [0.2, 0.25) is 0 Å². The maximum atomic E-state index is 10.1. The summed E-state index contributed by atoms with van der Waals surface area (Å²) >= 11 is 0. The van der Waals surface area contributed by atoms with Crippen molar-refractivity contribution < 1.29 is 86.7 Å². The van der Waals surface area contributed by atoms with Gasteiger partial charge in [-0.1, -0.05) is 0 Å². The smallest absolute Gasteiger partial charge is 0.114 e. The zero-order chi connectivity index (χ0) is 21.3. The van der Waals surface area contributed by atoms with Crippen molar-refractivity contribution in [1.82, 2.24) is 18.5 Å². The number of aliphatic hydroxyl groups is 2. The molecule has 0 aliphatic heterocycles. The fourth-order valence-electron chi connectivity index (χ4n) is 1.37. The summed E-state index contributed by atoms with van der Waals surface area (Å²) in [5, 5.41) is 77.9. The van der Waals surface area contributed by atoms with Crippen molar-refractivity contribution in [2.24, 2.45) is 0 Å². The van der Waals surface area contributed by atoms with Crippen LogP contribution in [0.5, 0.6) is 0 Å². The molecule has 0 radical (unpaired) electrons. The zero-order valence-electron chi connectivity index (χ0n) is 16.0. The molecule has 0 atom stereocenters. The third kappa shape index (κ3) is 17.3. The van der Waals surface area contributed by atoms with E-state index in [1.807, 2.05) is 0 Å². The van der Waals surface area contributed by atoms with E-state index in [0.29, 0.717) is 0 Å². The van der Waals surface area contributed by atoms with Gasteiger partial charge in [0.25, 0.3) is 0 Å². The molecule has 0 aromatic heterocycles. The van der Waals surface area contributed by atoms with Gasteiger partial charge in [-0.3, -0.25) is 0 Å². The SMILES string of the molecule is O=C([O-])CC(O)(CC(=O)[O-])C(=O)[O-].O=C([O-])CC(O)(CC(=O)[O-])C(=O)[O-].[Fe].[NH4+].[NH4+].[NH4+]. The molecule has 0 heterocycles. The summed E-state index contributed by atoms with van der Waals surface area (Å²) in [5.74, 6) is -12.0. The van der Waals surface area contributed by atoms with Crippen LogP contribution in [0.3, 0.4) is 0 Å². The van der Waals surface area contributed by atoms with Crippen LogP contribution >= 0.6 is 0 Å². The molecule has 0 amide bonds. The quantitative estimate of drug-likeness (QED) is 0.178. The Hall–Kier alpha value is -2.86. The third-order valence-corrected chi connectivity index (χ3v) is 2.51. The first-order chi connectivity index (χ1) is 11.6. The van der Waals surface area contributed by atoms with Crippen LogP contribution in [0.4, 0.5) is 0 Å². The number of hydrogen-bond acceptors (Lipinski definition) is 14. The maximum absolute atomic E-state index is 10.1. The Balaban J connectivity index is -0.0000000847. The summed E-state index contributed by atoms with van der Waals surface area (Å²) in [6.45, 7) is 0. The monoisotopic (exact) mass is 488 g/mol. The molecular weight excluding hydrogens is 466 g/mol. The van der Waals surface area contributed by atoms with Gasteiger partial charge in [0.2, 0.25) is 0 Å². The number of hydrogen-bond donors (Lipinski definition) is 5. The van der Waals surface area contributed by atoms with Gasteiger partial charge in [0.15, 0.2) is 0 Å². The van der Waals surface area contributed by atoms with Gasteiger partial charge in [0.05, 0.1) is 11.9 Å². The van der Waals surface area contributed by atoms with Crippen molar-refractivity contribution in [3.05, 3.63) is 0 Å². The fraction of sp³-hybridized carbons (Fsp3) is 0.500. The number of carboxylic acids is 6. The fourth-order valence-corrected chi connectivity index (χ4v) is 1.37. The molecule has 0 aliphatic rings. The average molecular weight is 488 g/mol. The van der Waals surface area contributed by atoms with Crippen LogP contribution in [-0.2, 0) is 45.8 Å². The molecular formula is C12H22FeN3O14-3. The summed E-state index contributed by atoms with van der Waals surface area (Å²) in [6.07, 6.45) is -5.43. The van der Waals surface area contributed by atoms with Gasteiger partial charge in [-0.25, -0.2) is 0 Å². The van der Waals surface area contributed by atoms with Crippen LogP contribution in [-0.4, -0.2) is 57.2 Å². The van der Waals surface area contributed by atoms with E-state index in [-0.39, 0.29) is 35.5 Å². The molecule has 14 N–H and O–H groups in total. The van der Waals surface area contributed by atoms with E-state index in [1.54, 1.807) is 0 Å². The van der Waals surface area contributed by atoms with E-state index in [0.717, 1.165) is 0 Å². The van der Waals surface area contributed by atoms with Crippen molar-refractivity contribution in [1.29, 1.82) is 0 Å². The van der Waals surface area contributed by atoms with Gasteiger partial charge in [0, 0.05) is 66.6 Å². The Kier molecular flexibility index (Phi) is 23.6. The first kappa shape index (κ1) is 41.5. The Bertz CT molecular complexity index is 527. The van der Waals surface area contributed by atoms with E-state index in [1.165, 1.54) is 0 Å². The van der Waals surface area contributed by atoms with Crippen molar-refractivity contribution in [3.8, 4) is 0 Å². The van der Waals surface area contributed by atoms with Gasteiger partial charge < -0.3 is 88.1 Å². The number of carbonyl (C=O) groups excluding carboxylic acids is 6. The number of quaternary nitrogens is 3.